The van der Waals surface area contributed by atoms with Crippen LogP contribution >= 0.6 is 0 Å². The fourth-order valence-corrected chi connectivity index (χ4v) is 2.94. The lowest BCUT2D eigenvalue weighted by atomic mass is 10.1. The topological polar surface area (TPSA) is 89.3 Å². The predicted octanol–water partition coefficient (Wildman–Crippen LogP) is 3.01. The van der Waals surface area contributed by atoms with Crippen molar-refractivity contribution >= 4 is 21.4 Å². The molecule has 2 rings (SSSR count). The van der Waals surface area contributed by atoms with E-state index in [1.54, 1.807) is 12.1 Å². The standard InChI is InChI=1S/C14H14N2O4S/c1-10-4-3-5-14(11(10)2)15-21(19,20)13-8-6-12(7-9-13)16(17)18/h3-9,15H,1-2H3. The molecular formula is C14H14N2O4S. The average Bonchev–Trinajstić information content (AvgIpc) is 2.44. The maximum Gasteiger partial charge on any atom is 0.269 e. The molecule has 0 spiro atoms. The van der Waals surface area contributed by atoms with Gasteiger partial charge in [0.1, 0.15) is 0 Å². The number of nitro groups is 1. The molecule has 2 aromatic carbocycles. The maximum absolute atomic E-state index is 12.3. The molecule has 1 N–H and O–H groups in total. The quantitative estimate of drug-likeness (QED) is 0.694. The van der Waals surface area contributed by atoms with Crippen LogP contribution in [-0.2, 0) is 10.0 Å². The summed E-state index contributed by atoms with van der Waals surface area (Å²) in [5.41, 5.74) is 2.15. The van der Waals surface area contributed by atoms with Gasteiger partial charge in [-0.3, -0.25) is 14.8 Å². The molecule has 110 valence electrons. The molecule has 0 unspecified atom stereocenters. The minimum absolute atomic E-state index is 0.0194. The number of benzene rings is 2. The van der Waals surface area contributed by atoms with E-state index in [2.05, 4.69) is 4.72 Å². The molecule has 7 heteroatoms. The van der Waals surface area contributed by atoms with Crippen molar-refractivity contribution in [1.29, 1.82) is 0 Å². The summed E-state index contributed by atoms with van der Waals surface area (Å²) in [5.74, 6) is 0. The predicted molar refractivity (Wildman–Crippen MR) is 79.8 cm³/mol. The fraction of sp³-hybridized carbons (Fsp3) is 0.143. The Hall–Kier alpha value is -2.41. The monoisotopic (exact) mass is 306 g/mol. The molecule has 0 amide bonds. The summed E-state index contributed by atoms with van der Waals surface area (Å²) < 4.78 is 27.0. The van der Waals surface area contributed by atoms with Gasteiger partial charge in [0.05, 0.1) is 15.5 Å². The molecule has 21 heavy (non-hydrogen) atoms. The Bertz CT molecular complexity index is 783. The van der Waals surface area contributed by atoms with Gasteiger partial charge in [-0.1, -0.05) is 12.1 Å². The number of sulfonamides is 1. The maximum atomic E-state index is 12.3. The van der Waals surface area contributed by atoms with Crippen LogP contribution in [0.15, 0.2) is 47.4 Å². The molecule has 0 saturated carbocycles. The molecule has 0 fully saturated rings. The van der Waals surface area contributed by atoms with Gasteiger partial charge in [-0.2, -0.15) is 0 Å². The van der Waals surface area contributed by atoms with Crippen LogP contribution in [0.3, 0.4) is 0 Å². The first-order chi connectivity index (χ1) is 9.81. The van der Waals surface area contributed by atoms with Crippen molar-refractivity contribution < 1.29 is 13.3 Å². The Morgan fingerprint density at radius 2 is 1.67 bits per heavy atom. The second kappa shape index (κ2) is 5.53. The van der Waals surface area contributed by atoms with Gasteiger partial charge in [-0.05, 0) is 43.2 Å². The first kappa shape index (κ1) is 15.0. The molecule has 0 aliphatic heterocycles. The third-order valence-electron chi connectivity index (χ3n) is 3.21. The van der Waals surface area contributed by atoms with Gasteiger partial charge in [0.2, 0.25) is 0 Å². The van der Waals surface area contributed by atoms with Crippen LogP contribution in [0, 0.1) is 24.0 Å². The van der Waals surface area contributed by atoms with Gasteiger partial charge >= 0.3 is 0 Å². The van der Waals surface area contributed by atoms with Crippen LogP contribution in [-0.4, -0.2) is 13.3 Å². The highest BCUT2D eigenvalue weighted by Gasteiger charge is 2.17. The first-order valence-corrected chi connectivity index (χ1v) is 7.63. The summed E-state index contributed by atoms with van der Waals surface area (Å²) in [7, 11) is -3.77. The van der Waals surface area contributed by atoms with E-state index < -0.39 is 14.9 Å². The van der Waals surface area contributed by atoms with E-state index in [4.69, 9.17) is 0 Å². The largest absolute Gasteiger partial charge is 0.279 e. The number of hydrogen-bond acceptors (Lipinski definition) is 4. The minimum Gasteiger partial charge on any atom is -0.279 e. The molecule has 6 nitrogen and oxygen atoms in total. The van der Waals surface area contributed by atoms with Crippen LogP contribution in [0.2, 0.25) is 0 Å². The van der Waals surface area contributed by atoms with Crippen LogP contribution in [0.1, 0.15) is 11.1 Å². The van der Waals surface area contributed by atoms with Crippen molar-refractivity contribution in [2.75, 3.05) is 4.72 Å². The summed E-state index contributed by atoms with van der Waals surface area (Å²) in [6, 6.07) is 10.1. The Balaban J connectivity index is 2.34. The lowest BCUT2D eigenvalue weighted by molar-refractivity contribution is -0.384. The zero-order valence-electron chi connectivity index (χ0n) is 11.5. The zero-order valence-corrected chi connectivity index (χ0v) is 12.3. The molecule has 0 atom stereocenters. The molecule has 0 bridgehead atoms. The van der Waals surface area contributed by atoms with Crippen LogP contribution in [0.5, 0.6) is 0 Å². The second-order valence-electron chi connectivity index (χ2n) is 4.60. The van der Waals surface area contributed by atoms with Crippen molar-refractivity contribution in [3.05, 3.63) is 63.7 Å². The third kappa shape index (κ3) is 3.19. The van der Waals surface area contributed by atoms with E-state index in [0.29, 0.717) is 5.69 Å². The van der Waals surface area contributed by atoms with E-state index in [-0.39, 0.29) is 10.6 Å². The van der Waals surface area contributed by atoms with Crippen LogP contribution in [0.4, 0.5) is 11.4 Å². The van der Waals surface area contributed by atoms with E-state index in [1.807, 2.05) is 19.9 Å². The number of aryl methyl sites for hydroxylation is 1. The van der Waals surface area contributed by atoms with Gasteiger partial charge in [0.25, 0.3) is 15.7 Å². The lowest BCUT2D eigenvalue weighted by Gasteiger charge is -2.12. The molecule has 0 radical (unpaired) electrons. The molecule has 0 aliphatic carbocycles. The number of nitro benzene ring substituents is 1. The fourth-order valence-electron chi connectivity index (χ4n) is 1.81. The van der Waals surface area contributed by atoms with Gasteiger partial charge in [-0.15, -0.1) is 0 Å². The van der Waals surface area contributed by atoms with Crippen LogP contribution in [0.25, 0.3) is 0 Å². The summed E-state index contributed by atoms with van der Waals surface area (Å²) in [5, 5.41) is 10.6. The molecule has 0 aliphatic rings. The SMILES string of the molecule is Cc1cccc(NS(=O)(=O)c2ccc([N+](=O)[O-])cc2)c1C. The number of anilines is 1. The van der Waals surface area contributed by atoms with Gasteiger partial charge in [-0.25, -0.2) is 8.42 Å². The average molecular weight is 306 g/mol. The number of non-ortho nitro benzene ring substituents is 1. The summed E-state index contributed by atoms with van der Waals surface area (Å²) in [6.07, 6.45) is 0. The lowest BCUT2D eigenvalue weighted by Crippen LogP contribution is -2.14. The Kier molecular flexibility index (Phi) is 3.95. The normalized spacial score (nSPS) is 11.1. The molecule has 0 aromatic heterocycles. The van der Waals surface area contributed by atoms with E-state index >= 15 is 0 Å². The number of nitrogens with zero attached hydrogens (tertiary/aromatic N) is 1. The van der Waals surface area contributed by atoms with Gasteiger partial charge in [0, 0.05) is 12.1 Å². The van der Waals surface area contributed by atoms with Crippen molar-refractivity contribution in [2.24, 2.45) is 0 Å². The van der Waals surface area contributed by atoms with E-state index in [0.717, 1.165) is 23.3 Å². The van der Waals surface area contributed by atoms with Gasteiger partial charge in [0.15, 0.2) is 0 Å². The van der Waals surface area contributed by atoms with Crippen LogP contribution < -0.4 is 4.72 Å². The highest BCUT2D eigenvalue weighted by Crippen LogP contribution is 2.23. The molecule has 2 aromatic rings. The molecule has 0 saturated heterocycles. The molecule has 0 heterocycles. The second-order valence-corrected chi connectivity index (χ2v) is 6.29. The third-order valence-corrected chi connectivity index (χ3v) is 4.59. The smallest absolute Gasteiger partial charge is 0.269 e. The highest BCUT2D eigenvalue weighted by atomic mass is 32.2. The molecular weight excluding hydrogens is 292 g/mol. The number of hydrogen-bond donors (Lipinski definition) is 1. The Morgan fingerprint density at radius 1 is 1.05 bits per heavy atom. The minimum atomic E-state index is -3.77. The van der Waals surface area contributed by atoms with E-state index in [1.165, 1.54) is 12.1 Å². The van der Waals surface area contributed by atoms with Crippen molar-refractivity contribution in [1.82, 2.24) is 0 Å². The summed E-state index contributed by atoms with van der Waals surface area (Å²) in [4.78, 5) is 9.98. The zero-order chi connectivity index (χ0) is 15.6. The van der Waals surface area contributed by atoms with Crippen molar-refractivity contribution in [3.63, 3.8) is 0 Å². The Morgan fingerprint density at radius 3 is 2.24 bits per heavy atom. The van der Waals surface area contributed by atoms with Gasteiger partial charge < -0.3 is 0 Å². The van der Waals surface area contributed by atoms with Crippen molar-refractivity contribution in [2.45, 2.75) is 18.7 Å². The van der Waals surface area contributed by atoms with Crippen molar-refractivity contribution in [3.8, 4) is 0 Å². The summed E-state index contributed by atoms with van der Waals surface area (Å²) >= 11 is 0. The number of nitrogens with one attached hydrogen (secondary N) is 1. The summed E-state index contributed by atoms with van der Waals surface area (Å²) in [6.45, 7) is 3.71. The first-order valence-electron chi connectivity index (χ1n) is 6.15. The highest BCUT2D eigenvalue weighted by molar-refractivity contribution is 7.92. The van der Waals surface area contributed by atoms with E-state index in [9.17, 15) is 18.5 Å². The number of rotatable bonds is 4. The Labute approximate surface area is 122 Å².